The fourth-order valence-electron chi connectivity index (χ4n) is 1.90. The molecule has 17 heavy (non-hydrogen) atoms. The number of benzene rings is 1. The van der Waals surface area contributed by atoms with Crippen LogP contribution >= 0.6 is 15.9 Å². The first-order chi connectivity index (χ1) is 8.13. The van der Waals surface area contributed by atoms with Crippen molar-refractivity contribution in [2.45, 2.75) is 31.0 Å². The number of oxazole rings is 1. The van der Waals surface area contributed by atoms with E-state index in [1.165, 1.54) is 23.0 Å². The number of hydrogen-bond acceptors (Lipinski definition) is 2. The van der Waals surface area contributed by atoms with Gasteiger partial charge in [0, 0.05) is 11.9 Å². The molecule has 92 valence electrons. The normalized spacial score (nSPS) is 13.1. The molecule has 0 N–H and O–H groups in total. The zero-order valence-corrected chi connectivity index (χ0v) is 11.7. The van der Waals surface area contributed by atoms with Crippen LogP contribution in [0, 0.1) is 0 Å². The van der Waals surface area contributed by atoms with Gasteiger partial charge in [-0.2, -0.15) is 0 Å². The van der Waals surface area contributed by atoms with Crippen molar-refractivity contribution in [3.8, 4) is 0 Å². The van der Waals surface area contributed by atoms with Gasteiger partial charge in [-0.3, -0.25) is 4.57 Å². The van der Waals surface area contributed by atoms with E-state index in [-0.39, 0.29) is 5.76 Å². The SMILES string of the molecule is CCCCC(Br)c1ccc2c(c1)oc(=O)n2C. The largest absolute Gasteiger partial charge is 0.419 e. The second kappa shape index (κ2) is 5.08. The predicted molar refractivity (Wildman–Crippen MR) is 72.6 cm³/mol. The van der Waals surface area contributed by atoms with E-state index in [0.29, 0.717) is 10.4 Å². The van der Waals surface area contributed by atoms with Gasteiger partial charge in [-0.1, -0.05) is 41.8 Å². The fourth-order valence-corrected chi connectivity index (χ4v) is 2.50. The Kier molecular flexibility index (Phi) is 3.72. The number of aryl methyl sites for hydroxylation is 1. The summed E-state index contributed by atoms with van der Waals surface area (Å²) in [5.41, 5.74) is 2.67. The van der Waals surface area contributed by atoms with Gasteiger partial charge in [0.2, 0.25) is 0 Å². The van der Waals surface area contributed by atoms with Gasteiger partial charge in [-0.05, 0) is 24.1 Å². The van der Waals surface area contributed by atoms with E-state index in [1.807, 2.05) is 18.2 Å². The number of nitrogens with zero attached hydrogens (tertiary/aromatic N) is 1. The highest BCUT2D eigenvalue weighted by molar-refractivity contribution is 9.09. The lowest BCUT2D eigenvalue weighted by atomic mass is 10.1. The number of alkyl halides is 1. The van der Waals surface area contributed by atoms with Crippen molar-refractivity contribution in [2.24, 2.45) is 7.05 Å². The zero-order valence-electron chi connectivity index (χ0n) is 10.1. The van der Waals surface area contributed by atoms with E-state index < -0.39 is 0 Å². The number of aromatic nitrogens is 1. The highest BCUT2D eigenvalue weighted by atomic mass is 79.9. The van der Waals surface area contributed by atoms with E-state index in [1.54, 1.807) is 7.05 Å². The summed E-state index contributed by atoms with van der Waals surface area (Å²) < 4.78 is 6.70. The molecule has 0 saturated heterocycles. The van der Waals surface area contributed by atoms with Gasteiger partial charge in [-0.15, -0.1) is 0 Å². The van der Waals surface area contributed by atoms with Gasteiger partial charge in [0.25, 0.3) is 0 Å². The number of hydrogen-bond donors (Lipinski definition) is 0. The second-order valence-electron chi connectivity index (χ2n) is 4.26. The molecule has 1 atom stereocenters. The molecule has 0 spiro atoms. The molecular weight excluding hydrogens is 282 g/mol. The van der Waals surface area contributed by atoms with Crippen LogP contribution in [0.15, 0.2) is 27.4 Å². The van der Waals surface area contributed by atoms with Gasteiger partial charge in [-0.25, -0.2) is 4.79 Å². The first-order valence-corrected chi connectivity index (χ1v) is 6.78. The Labute approximate surface area is 109 Å². The Morgan fingerprint density at radius 3 is 2.94 bits per heavy atom. The molecule has 1 heterocycles. The summed E-state index contributed by atoms with van der Waals surface area (Å²) in [6, 6.07) is 5.94. The van der Waals surface area contributed by atoms with Crippen LogP contribution in [0.25, 0.3) is 11.1 Å². The Morgan fingerprint density at radius 1 is 1.47 bits per heavy atom. The van der Waals surface area contributed by atoms with E-state index in [9.17, 15) is 4.79 Å². The number of rotatable bonds is 4. The van der Waals surface area contributed by atoms with Crippen LogP contribution in [-0.4, -0.2) is 4.57 Å². The van der Waals surface area contributed by atoms with Gasteiger partial charge in [0.05, 0.1) is 5.52 Å². The molecule has 0 aliphatic rings. The Bertz CT molecular complexity index is 570. The smallest absolute Gasteiger partial charge is 0.408 e. The van der Waals surface area contributed by atoms with Crippen LogP contribution in [-0.2, 0) is 7.05 Å². The summed E-state index contributed by atoms with van der Waals surface area (Å²) in [6.07, 6.45) is 3.47. The Balaban J connectivity index is 2.34. The van der Waals surface area contributed by atoms with E-state index in [4.69, 9.17) is 4.42 Å². The summed E-state index contributed by atoms with van der Waals surface area (Å²) in [5.74, 6) is -0.308. The maximum atomic E-state index is 11.4. The Morgan fingerprint density at radius 2 is 2.24 bits per heavy atom. The standard InChI is InChI=1S/C13H16BrNO2/c1-3-4-5-10(14)9-6-7-11-12(8-9)17-13(16)15(11)2/h6-8,10H,3-5H2,1-2H3. The van der Waals surface area contributed by atoms with Crippen molar-refractivity contribution in [3.05, 3.63) is 34.3 Å². The van der Waals surface area contributed by atoms with Crippen LogP contribution < -0.4 is 5.76 Å². The van der Waals surface area contributed by atoms with Gasteiger partial charge in [0.15, 0.2) is 5.58 Å². The predicted octanol–water partition coefficient (Wildman–Crippen LogP) is 3.76. The van der Waals surface area contributed by atoms with Gasteiger partial charge in [0.1, 0.15) is 0 Å². The van der Waals surface area contributed by atoms with Crippen molar-refractivity contribution in [2.75, 3.05) is 0 Å². The van der Waals surface area contributed by atoms with Crippen LogP contribution in [0.3, 0.4) is 0 Å². The molecule has 0 fully saturated rings. The summed E-state index contributed by atoms with van der Waals surface area (Å²) in [4.78, 5) is 11.7. The molecule has 0 aliphatic carbocycles. The highest BCUT2D eigenvalue weighted by Crippen LogP contribution is 2.30. The first kappa shape index (κ1) is 12.4. The van der Waals surface area contributed by atoms with E-state index in [2.05, 4.69) is 22.9 Å². The van der Waals surface area contributed by atoms with Crippen LogP contribution in [0.5, 0.6) is 0 Å². The fraction of sp³-hybridized carbons (Fsp3) is 0.462. The summed E-state index contributed by atoms with van der Waals surface area (Å²) in [7, 11) is 1.72. The zero-order chi connectivity index (χ0) is 12.4. The number of halogens is 1. The minimum Gasteiger partial charge on any atom is -0.408 e. The molecule has 0 radical (unpaired) electrons. The van der Waals surface area contributed by atoms with Crippen molar-refractivity contribution < 1.29 is 4.42 Å². The maximum absolute atomic E-state index is 11.4. The molecule has 1 aromatic heterocycles. The molecule has 0 bridgehead atoms. The molecule has 2 rings (SSSR count). The number of fused-ring (bicyclic) bond motifs is 1. The molecule has 0 saturated carbocycles. The minimum absolute atomic E-state index is 0.308. The third-order valence-electron chi connectivity index (χ3n) is 2.99. The average Bonchev–Trinajstić information content (AvgIpc) is 2.61. The molecule has 3 nitrogen and oxygen atoms in total. The average molecular weight is 298 g/mol. The van der Waals surface area contributed by atoms with Crippen LogP contribution in [0.4, 0.5) is 0 Å². The minimum atomic E-state index is -0.308. The van der Waals surface area contributed by atoms with Gasteiger partial charge >= 0.3 is 5.76 Å². The Hall–Kier alpha value is -1.03. The van der Waals surface area contributed by atoms with E-state index >= 15 is 0 Å². The highest BCUT2D eigenvalue weighted by Gasteiger charge is 2.11. The van der Waals surface area contributed by atoms with Crippen molar-refractivity contribution in [3.63, 3.8) is 0 Å². The third-order valence-corrected chi connectivity index (χ3v) is 3.98. The molecule has 1 unspecified atom stereocenters. The van der Waals surface area contributed by atoms with Crippen LogP contribution in [0.1, 0.15) is 36.6 Å². The second-order valence-corrected chi connectivity index (χ2v) is 5.37. The number of unbranched alkanes of at least 4 members (excludes halogenated alkanes) is 1. The third kappa shape index (κ3) is 2.46. The quantitative estimate of drug-likeness (QED) is 0.806. The molecule has 1 aromatic carbocycles. The molecular formula is C13H16BrNO2. The topological polar surface area (TPSA) is 35.1 Å². The van der Waals surface area contributed by atoms with Crippen molar-refractivity contribution >= 4 is 27.0 Å². The van der Waals surface area contributed by atoms with Crippen molar-refractivity contribution in [1.29, 1.82) is 0 Å². The molecule has 2 aromatic rings. The lowest BCUT2D eigenvalue weighted by Crippen LogP contribution is -2.08. The molecule has 4 heteroatoms. The molecule has 0 amide bonds. The monoisotopic (exact) mass is 297 g/mol. The molecule has 0 aliphatic heterocycles. The lowest BCUT2D eigenvalue weighted by Gasteiger charge is -2.08. The summed E-state index contributed by atoms with van der Waals surface area (Å²) in [5, 5.41) is 0. The summed E-state index contributed by atoms with van der Waals surface area (Å²) in [6.45, 7) is 2.18. The van der Waals surface area contributed by atoms with Gasteiger partial charge < -0.3 is 4.42 Å². The van der Waals surface area contributed by atoms with E-state index in [0.717, 1.165) is 11.9 Å². The lowest BCUT2D eigenvalue weighted by molar-refractivity contribution is 0.527. The van der Waals surface area contributed by atoms with Crippen molar-refractivity contribution in [1.82, 2.24) is 4.57 Å². The summed E-state index contributed by atoms with van der Waals surface area (Å²) >= 11 is 3.67. The first-order valence-electron chi connectivity index (χ1n) is 5.87. The van der Waals surface area contributed by atoms with Crippen LogP contribution in [0.2, 0.25) is 0 Å². The maximum Gasteiger partial charge on any atom is 0.419 e.